The number of nitrogens with zero attached hydrogens (tertiary/aromatic N) is 1. The van der Waals surface area contributed by atoms with Crippen LogP contribution in [0.1, 0.15) is 11.1 Å². The van der Waals surface area contributed by atoms with Crippen molar-refractivity contribution in [1.29, 1.82) is 0 Å². The van der Waals surface area contributed by atoms with Gasteiger partial charge in [0.1, 0.15) is 0 Å². The Hall–Kier alpha value is -2.43. The van der Waals surface area contributed by atoms with Crippen molar-refractivity contribution in [2.75, 3.05) is 5.32 Å². The van der Waals surface area contributed by atoms with Crippen LogP contribution in [0.4, 0.5) is 5.69 Å². The molecule has 26 heavy (non-hydrogen) atoms. The maximum absolute atomic E-state index is 12.1. The molecule has 0 bridgehead atoms. The van der Waals surface area contributed by atoms with E-state index in [0.29, 0.717) is 0 Å². The first-order chi connectivity index (χ1) is 12.2. The van der Waals surface area contributed by atoms with Gasteiger partial charge in [0.05, 0.1) is 0 Å². The molecule has 3 rings (SSSR count). The van der Waals surface area contributed by atoms with Crippen molar-refractivity contribution in [3.05, 3.63) is 94.7 Å². The summed E-state index contributed by atoms with van der Waals surface area (Å²) in [5.41, 5.74) is 3.04. The fraction of sp³-hybridized carbons (Fsp3) is 0.0476. The molecule has 1 aromatic heterocycles. The van der Waals surface area contributed by atoms with Gasteiger partial charge in [0.15, 0.2) is 12.4 Å². The summed E-state index contributed by atoms with van der Waals surface area (Å²) in [6.07, 6.45) is 7.94. The van der Waals surface area contributed by atoms with Crippen LogP contribution >= 0.6 is 15.9 Å². The molecule has 0 spiro atoms. The number of benzene rings is 2. The second-order valence-electron chi connectivity index (χ2n) is 5.60. The molecule has 0 saturated heterocycles. The number of pyridine rings is 1. The highest BCUT2D eigenvalue weighted by Crippen LogP contribution is 2.13. The van der Waals surface area contributed by atoms with Crippen molar-refractivity contribution in [3.8, 4) is 0 Å². The maximum atomic E-state index is 12.1. The van der Waals surface area contributed by atoms with Crippen molar-refractivity contribution in [2.45, 2.75) is 6.54 Å². The number of carbonyl (C=O) groups is 1. The molecule has 5 heteroatoms. The fourth-order valence-electron chi connectivity index (χ4n) is 2.34. The highest BCUT2D eigenvalue weighted by atomic mass is 79.9. The molecule has 0 fully saturated rings. The topological polar surface area (TPSA) is 33.0 Å². The lowest BCUT2D eigenvalue weighted by molar-refractivity contribution is -0.684. The van der Waals surface area contributed by atoms with E-state index >= 15 is 0 Å². The number of anilines is 1. The van der Waals surface area contributed by atoms with Gasteiger partial charge in [0.25, 0.3) is 5.91 Å². The molecule has 0 saturated carbocycles. The lowest BCUT2D eigenvalue weighted by Gasteiger charge is -2.03. The number of hydrogen-bond donors (Lipinski definition) is 1. The van der Waals surface area contributed by atoms with Crippen LogP contribution in [0.5, 0.6) is 0 Å². The largest absolute Gasteiger partial charge is 1.00 e. The van der Waals surface area contributed by atoms with E-state index in [1.807, 2.05) is 71.6 Å². The Balaban J connectivity index is 0.00000243. The van der Waals surface area contributed by atoms with E-state index in [0.717, 1.165) is 21.3 Å². The first kappa shape index (κ1) is 19.9. The van der Waals surface area contributed by atoms with Crippen molar-refractivity contribution < 1.29 is 21.8 Å². The standard InChI is InChI=1S/C21H17BrN2O.ClH/c22-19-8-10-20(11-9-19)23-21(25)16-24-14-12-18(13-15-24)7-6-17-4-2-1-3-5-17;/h1-15H,16H2;1H/b7-6-;. The van der Waals surface area contributed by atoms with E-state index in [4.69, 9.17) is 0 Å². The third-order valence-electron chi connectivity index (χ3n) is 3.64. The van der Waals surface area contributed by atoms with Crippen LogP contribution in [-0.4, -0.2) is 5.91 Å². The number of rotatable bonds is 5. The molecule has 0 radical (unpaired) electrons. The molecular formula is C21H18BrClN2O. The van der Waals surface area contributed by atoms with Crippen LogP contribution in [0.3, 0.4) is 0 Å². The van der Waals surface area contributed by atoms with Gasteiger partial charge in [-0.25, -0.2) is 0 Å². The zero-order chi connectivity index (χ0) is 17.5. The summed E-state index contributed by atoms with van der Waals surface area (Å²) in [6.45, 7) is 0.277. The van der Waals surface area contributed by atoms with Crippen LogP contribution in [0.25, 0.3) is 12.2 Å². The normalized spacial score (nSPS) is 10.3. The van der Waals surface area contributed by atoms with E-state index < -0.39 is 0 Å². The van der Waals surface area contributed by atoms with Gasteiger partial charge in [0.2, 0.25) is 6.54 Å². The number of amides is 1. The minimum Gasteiger partial charge on any atom is -1.00 e. The molecule has 132 valence electrons. The lowest BCUT2D eigenvalue weighted by Crippen LogP contribution is -3.00. The zero-order valence-electron chi connectivity index (χ0n) is 14.0. The monoisotopic (exact) mass is 428 g/mol. The van der Waals surface area contributed by atoms with Crippen LogP contribution in [0, 0.1) is 0 Å². The van der Waals surface area contributed by atoms with Crippen LogP contribution in [-0.2, 0) is 11.3 Å². The van der Waals surface area contributed by atoms with Crippen molar-refractivity contribution in [2.24, 2.45) is 0 Å². The van der Waals surface area contributed by atoms with Gasteiger partial charge in [-0.3, -0.25) is 4.79 Å². The van der Waals surface area contributed by atoms with Gasteiger partial charge < -0.3 is 17.7 Å². The minimum atomic E-state index is -0.0556. The van der Waals surface area contributed by atoms with E-state index in [-0.39, 0.29) is 24.9 Å². The van der Waals surface area contributed by atoms with E-state index in [9.17, 15) is 4.79 Å². The molecular weight excluding hydrogens is 412 g/mol. The Morgan fingerprint density at radius 3 is 2.08 bits per heavy atom. The first-order valence-electron chi connectivity index (χ1n) is 7.97. The van der Waals surface area contributed by atoms with Gasteiger partial charge >= 0.3 is 0 Å². The molecule has 0 aliphatic carbocycles. The average molecular weight is 430 g/mol. The molecule has 0 aliphatic rings. The Bertz CT molecular complexity index is 863. The summed E-state index contributed by atoms with van der Waals surface area (Å²) in [5.74, 6) is -0.0556. The van der Waals surface area contributed by atoms with E-state index in [2.05, 4.69) is 45.5 Å². The highest BCUT2D eigenvalue weighted by Gasteiger charge is 2.09. The Morgan fingerprint density at radius 1 is 0.885 bits per heavy atom. The Morgan fingerprint density at radius 2 is 1.46 bits per heavy atom. The number of hydrogen-bond acceptors (Lipinski definition) is 1. The summed E-state index contributed by atoms with van der Waals surface area (Å²) in [7, 11) is 0. The van der Waals surface area contributed by atoms with Crippen molar-refractivity contribution in [1.82, 2.24) is 0 Å². The molecule has 1 amide bonds. The molecule has 2 aromatic carbocycles. The summed E-state index contributed by atoms with van der Waals surface area (Å²) in [6, 6.07) is 21.7. The third kappa shape index (κ3) is 6.14. The summed E-state index contributed by atoms with van der Waals surface area (Å²) in [4.78, 5) is 12.1. The van der Waals surface area contributed by atoms with Gasteiger partial charge in [-0.2, -0.15) is 4.57 Å². The second kappa shape index (κ2) is 9.90. The van der Waals surface area contributed by atoms with Crippen LogP contribution in [0.2, 0.25) is 0 Å². The number of nitrogens with one attached hydrogen (secondary N) is 1. The average Bonchev–Trinajstić information content (AvgIpc) is 2.64. The molecule has 0 aliphatic heterocycles. The molecule has 0 atom stereocenters. The van der Waals surface area contributed by atoms with Gasteiger partial charge in [0, 0.05) is 22.3 Å². The quantitative estimate of drug-likeness (QED) is 0.614. The predicted molar refractivity (Wildman–Crippen MR) is 105 cm³/mol. The van der Waals surface area contributed by atoms with E-state index in [1.165, 1.54) is 0 Å². The second-order valence-corrected chi connectivity index (χ2v) is 6.52. The number of halogens is 2. The van der Waals surface area contributed by atoms with Gasteiger partial charge in [-0.05, 0) is 35.4 Å². The van der Waals surface area contributed by atoms with Gasteiger partial charge in [-0.1, -0.05) is 58.4 Å². The molecule has 1 N–H and O–H groups in total. The van der Waals surface area contributed by atoms with Gasteiger partial charge in [-0.15, -0.1) is 0 Å². The van der Waals surface area contributed by atoms with Crippen LogP contribution in [0.15, 0.2) is 83.6 Å². The smallest absolute Gasteiger partial charge is 0.290 e. The number of aromatic nitrogens is 1. The van der Waals surface area contributed by atoms with Crippen molar-refractivity contribution in [3.63, 3.8) is 0 Å². The number of carbonyl (C=O) groups excluding carboxylic acids is 1. The first-order valence-corrected chi connectivity index (χ1v) is 8.76. The molecule has 3 nitrogen and oxygen atoms in total. The summed E-state index contributed by atoms with van der Waals surface area (Å²) >= 11 is 3.38. The minimum absolute atomic E-state index is 0. The predicted octanol–water partition coefficient (Wildman–Crippen LogP) is 1.55. The lowest BCUT2D eigenvalue weighted by atomic mass is 10.1. The maximum Gasteiger partial charge on any atom is 0.290 e. The summed E-state index contributed by atoms with van der Waals surface area (Å²) in [5, 5.41) is 2.88. The molecule has 1 heterocycles. The highest BCUT2D eigenvalue weighted by molar-refractivity contribution is 9.10. The fourth-order valence-corrected chi connectivity index (χ4v) is 2.61. The SMILES string of the molecule is O=C(C[n+]1ccc(/C=C\c2ccccc2)cc1)Nc1ccc(Br)cc1.[Cl-]. The van der Waals surface area contributed by atoms with Crippen molar-refractivity contribution >= 4 is 39.7 Å². The molecule has 3 aromatic rings. The molecule has 0 unspecified atom stereocenters. The third-order valence-corrected chi connectivity index (χ3v) is 4.17. The van der Waals surface area contributed by atoms with Crippen LogP contribution < -0.4 is 22.3 Å². The summed E-state index contributed by atoms with van der Waals surface area (Å²) < 4.78 is 2.84. The Labute approximate surface area is 167 Å². The van der Waals surface area contributed by atoms with E-state index in [1.54, 1.807) is 0 Å². The Kier molecular flexibility index (Phi) is 7.57. The zero-order valence-corrected chi connectivity index (χ0v) is 16.3.